The van der Waals surface area contributed by atoms with Gasteiger partial charge in [0.05, 0.1) is 9.85 Å². The van der Waals surface area contributed by atoms with Crippen LogP contribution in [0.5, 0.6) is 0 Å². The van der Waals surface area contributed by atoms with Crippen LogP contribution in [0.3, 0.4) is 0 Å². The summed E-state index contributed by atoms with van der Waals surface area (Å²) >= 11 is 0. The average molecular weight is 346 g/mol. The minimum Gasteiger partial charge on any atom is -0.258 e. The van der Waals surface area contributed by atoms with Crippen LogP contribution in [0.4, 0.5) is 11.4 Å². The van der Waals surface area contributed by atoms with Crippen molar-refractivity contribution in [1.82, 2.24) is 9.97 Å². The van der Waals surface area contributed by atoms with Crippen LogP contribution in [0.2, 0.25) is 0 Å². The molecular formula is C18H10N4O4. The number of rotatable bonds is 3. The van der Waals surface area contributed by atoms with Gasteiger partial charge in [0.25, 0.3) is 11.4 Å². The highest BCUT2D eigenvalue weighted by Crippen LogP contribution is 2.35. The van der Waals surface area contributed by atoms with E-state index in [4.69, 9.17) is 0 Å². The summed E-state index contributed by atoms with van der Waals surface area (Å²) in [5.74, 6) is 0. The maximum absolute atomic E-state index is 11.4. The van der Waals surface area contributed by atoms with Crippen LogP contribution in [0.25, 0.3) is 32.9 Å². The minimum atomic E-state index is -0.504. The first-order chi connectivity index (χ1) is 12.5. The molecule has 0 amide bonds. The number of nitrogens with zero attached hydrogens (tertiary/aromatic N) is 4. The first-order valence-corrected chi connectivity index (χ1v) is 7.61. The molecule has 0 fully saturated rings. The molecule has 8 heteroatoms. The van der Waals surface area contributed by atoms with Crippen molar-refractivity contribution in [1.29, 1.82) is 0 Å². The van der Waals surface area contributed by atoms with E-state index in [1.54, 1.807) is 36.4 Å². The lowest BCUT2D eigenvalue weighted by molar-refractivity contribution is -0.383. The Morgan fingerprint density at radius 2 is 1.12 bits per heavy atom. The molecule has 4 aromatic rings. The zero-order valence-corrected chi connectivity index (χ0v) is 13.2. The maximum Gasteiger partial charge on any atom is 0.296 e. The fraction of sp³-hybridized carbons (Fsp3) is 0. The summed E-state index contributed by atoms with van der Waals surface area (Å²) in [6.07, 6.45) is 2.98. The Kier molecular flexibility index (Phi) is 3.51. The average Bonchev–Trinajstić information content (AvgIpc) is 2.66. The van der Waals surface area contributed by atoms with Crippen LogP contribution in [0.15, 0.2) is 60.9 Å². The third-order valence-electron chi connectivity index (χ3n) is 4.10. The van der Waals surface area contributed by atoms with Crippen LogP contribution in [-0.2, 0) is 0 Å². The van der Waals surface area contributed by atoms with Gasteiger partial charge in [-0.1, -0.05) is 12.1 Å². The Balaban J connectivity index is 2.04. The van der Waals surface area contributed by atoms with E-state index in [9.17, 15) is 20.2 Å². The second-order valence-electron chi connectivity index (χ2n) is 5.66. The molecule has 0 spiro atoms. The Morgan fingerprint density at radius 3 is 1.50 bits per heavy atom. The number of aromatic nitrogens is 2. The van der Waals surface area contributed by atoms with E-state index in [2.05, 4.69) is 9.97 Å². The monoisotopic (exact) mass is 346 g/mol. The van der Waals surface area contributed by atoms with Gasteiger partial charge in [0, 0.05) is 35.3 Å². The zero-order valence-electron chi connectivity index (χ0n) is 13.2. The lowest BCUT2D eigenvalue weighted by Gasteiger charge is -2.07. The van der Waals surface area contributed by atoms with Crippen molar-refractivity contribution in [2.45, 2.75) is 0 Å². The Labute approximate surface area is 146 Å². The number of hydrogen-bond acceptors (Lipinski definition) is 6. The van der Waals surface area contributed by atoms with Crippen LogP contribution in [0.1, 0.15) is 0 Å². The number of pyridine rings is 2. The zero-order chi connectivity index (χ0) is 18.3. The molecule has 0 aliphatic rings. The summed E-state index contributed by atoms with van der Waals surface area (Å²) in [7, 11) is 0. The number of non-ortho nitro benzene ring substituents is 2. The fourth-order valence-electron chi connectivity index (χ4n) is 2.96. The standard InChI is InChI=1S/C18H10N4O4/c23-21(24)15-9-13(7-11-3-1-5-19-17(11)15)14-8-12-4-2-6-20-18(12)16(10-14)22(25)26/h1-10H. The van der Waals surface area contributed by atoms with Crippen molar-refractivity contribution in [2.24, 2.45) is 0 Å². The Morgan fingerprint density at radius 1 is 0.692 bits per heavy atom. The van der Waals surface area contributed by atoms with Crippen molar-refractivity contribution in [3.8, 4) is 11.1 Å². The highest BCUT2D eigenvalue weighted by atomic mass is 16.6. The molecule has 0 aliphatic heterocycles. The highest BCUT2D eigenvalue weighted by Gasteiger charge is 2.19. The smallest absolute Gasteiger partial charge is 0.258 e. The topological polar surface area (TPSA) is 112 Å². The van der Waals surface area contributed by atoms with Gasteiger partial charge in [0.15, 0.2) is 0 Å². The van der Waals surface area contributed by atoms with E-state index in [0.717, 1.165) is 0 Å². The van der Waals surface area contributed by atoms with Gasteiger partial charge < -0.3 is 0 Å². The van der Waals surface area contributed by atoms with E-state index < -0.39 is 9.85 Å². The molecule has 2 heterocycles. The molecule has 126 valence electrons. The van der Waals surface area contributed by atoms with Crippen molar-refractivity contribution >= 4 is 33.2 Å². The first kappa shape index (κ1) is 15.6. The van der Waals surface area contributed by atoms with E-state index in [0.29, 0.717) is 21.9 Å². The highest BCUT2D eigenvalue weighted by molar-refractivity contribution is 5.96. The molecule has 0 saturated carbocycles. The van der Waals surface area contributed by atoms with Gasteiger partial charge in [0.1, 0.15) is 11.0 Å². The second-order valence-corrected chi connectivity index (χ2v) is 5.66. The maximum atomic E-state index is 11.4. The lowest BCUT2D eigenvalue weighted by Crippen LogP contribution is -1.95. The predicted molar refractivity (Wildman–Crippen MR) is 95.8 cm³/mol. The Hall–Kier alpha value is -3.94. The molecule has 0 atom stereocenters. The molecule has 4 rings (SSSR count). The van der Waals surface area contributed by atoms with Gasteiger partial charge >= 0.3 is 0 Å². The molecule has 0 radical (unpaired) electrons. The first-order valence-electron chi connectivity index (χ1n) is 7.61. The number of hydrogen-bond donors (Lipinski definition) is 0. The number of nitro benzene ring substituents is 2. The van der Waals surface area contributed by atoms with Crippen molar-refractivity contribution in [2.75, 3.05) is 0 Å². The number of nitro groups is 2. The van der Waals surface area contributed by atoms with Crippen molar-refractivity contribution < 1.29 is 9.85 Å². The van der Waals surface area contributed by atoms with Gasteiger partial charge in [-0.25, -0.2) is 9.97 Å². The van der Waals surface area contributed by atoms with E-state index in [1.807, 2.05) is 0 Å². The summed E-state index contributed by atoms with van der Waals surface area (Å²) < 4.78 is 0. The number of fused-ring (bicyclic) bond motifs is 2. The second kappa shape index (κ2) is 5.85. The predicted octanol–water partition coefficient (Wildman–Crippen LogP) is 4.27. The van der Waals surface area contributed by atoms with Crippen molar-refractivity contribution in [3.05, 3.63) is 81.2 Å². The SMILES string of the molecule is O=[N+]([O-])c1cc(-c2cc([N+](=O)[O-])c3ncccc3c2)cc2cccnc12. The molecular weight excluding hydrogens is 336 g/mol. The summed E-state index contributed by atoms with van der Waals surface area (Å²) in [6, 6.07) is 13.0. The van der Waals surface area contributed by atoms with Gasteiger partial charge in [-0.05, 0) is 35.4 Å². The molecule has 26 heavy (non-hydrogen) atoms. The molecule has 0 bridgehead atoms. The summed E-state index contributed by atoms with van der Waals surface area (Å²) in [6.45, 7) is 0. The minimum absolute atomic E-state index is 0.146. The Bertz CT molecular complexity index is 1110. The summed E-state index contributed by atoms with van der Waals surface area (Å²) in [5, 5.41) is 24.0. The van der Waals surface area contributed by atoms with Gasteiger partial charge in [-0.15, -0.1) is 0 Å². The molecule has 0 aliphatic carbocycles. The molecule has 8 nitrogen and oxygen atoms in total. The summed E-state index contributed by atoms with van der Waals surface area (Å²) in [4.78, 5) is 30.0. The number of benzene rings is 2. The van der Waals surface area contributed by atoms with E-state index in [-0.39, 0.29) is 22.4 Å². The quantitative estimate of drug-likeness (QED) is 0.404. The van der Waals surface area contributed by atoms with Gasteiger partial charge in [0.2, 0.25) is 0 Å². The molecule has 0 N–H and O–H groups in total. The van der Waals surface area contributed by atoms with Gasteiger partial charge in [-0.2, -0.15) is 0 Å². The van der Waals surface area contributed by atoms with Gasteiger partial charge in [-0.3, -0.25) is 20.2 Å². The normalized spacial score (nSPS) is 10.9. The largest absolute Gasteiger partial charge is 0.296 e. The third kappa shape index (κ3) is 2.49. The van der Waals surface area contributed by atoms with Crippen LogP contribution >= 0.6 is 0 Å². The summed E-state index contributed by atoms with van der Waals surface area (Å²) in [5.41, 5.74) is 1.27. The van der Waals surface area contributed by atoms with Crippen LogP contribution in [0, 0.1) is 20.2 Å². The van der Waals surface area contributed by atoms with E-state index >= 15 is 0 Å². The molecule has 2 aromatic carbocycles. The third-order valence-corrected chi connectivity index (χ3v) is 4.10. The van der Waals surface area contributed by atoms with E-state index in [1.165, 1.54) is 24.5 Å². The molecule has 0 saturated heterocycles. The molecule has 2 aromatic heterocycles. The lowest BCUT2D eigenvalue weighted by atomic mass is 9.99. The van der Waals surface area contributed by atoms with Crippen LogP contribution < -0.4 is 0 Å². The van der Waals surface area contributed by atoms with Crippen molar-refractivity contribution in [3.63, 3.8) is 0 Å². The molecule has 0 unspecified atom stereocenters. The van der Waals surface area contributed by atoms with Crippen LogP contribution in [-0.4, -0.2) is 19.8 Å². The fourth-order valence-corrected chi connectivity index (χ4v) is 2.96.